The lowest BCUT2D eigenvalue weighted by Crippen LogP contribution is -2.43. The third-order valence-corrected chi connectivity index (χ3v) is 1.93. The van der Waals surface area contributed by atoms with E-state index in [0.29, 0.717) is 0 Å². The summed E-state index contributed by atoms with van der Waals surface area (Å²) in [7, 11) is 0. The number of hydrogen-bond donors (Lipinski definition) is 0. The summed E-state index contributed by atoms with van der Waals surface area (Å²) in [6.45, 7) is -0.560. The number of fused-ring (bicyclic) bond motifs is 1. The number of ether oxygens (including phenoxy) is 1. The molecule has 2 heterocycles. The number of carbonyl (C=O) groups is 2. The molecule has 0 fully saturated rings. The molecule has 0 aliphatic carbocycles. The number of rotatable bonds is 1. The van der Waals surface area contributed by atoms with Crippen LogP contribution in [0.2, 0.25) is 0 Å². The molecule has 0 saturated carbocycles. The van der Waals surface area contributed by atoms with Crippen LogP contribution in [-0.2, 0) is 14.4 Å². The van der Waals surface area contributed by atoms with E-state index < -0.39 is 24.7 Å². The lowest BCUT2D eigenvalue weighted by Gasteiger charge is -2.26. The summed E-state index contributed by atoms with van der Waals surface area (Å²) in [6, 6.07) is 2.60. The highest BCUT2D eigenvalue weighted by molar-refractivity contribution is 5.97. The Morgan fingerprint density at radius 1 is 1.50 bits per heavy atom. The Morgan fingerprint density at radius 3 is 2.89 bits per heavy atom. The Labute approximate surface area is 97.9 Å². The van der Waals surface area contributed by atoms with Crippen LogP contribution in [0.1, 0.15) is 0 Å². The first-order chi connectivity index (χ1) is 8.39. The Hall–Kier alpha value is -2.32. The van der Waals surface area contributed by atoms with Gasteiger partial charge in [-0.1, -0.05) is 0 Å². The van der Waals surface area contributed by atoms with Gasteiger partial charge in [0.05, 0.1) is 0 Å². The average Bonchev–Trinajstić information content (AvgIpc) is 2.31. The topological polar surface area (TPSA) is 68.7 Å². The van der Waals surface area contributed by atoms with Gasteiger partial charge >= 0.3 is 12.1 Å². The van der Waals surface area contributed by atoms with Crippen molar-refractivity contribution in [2.75, 3.05) is 11.7 Å². The average molecular weight is 262 g/mol. The molecule has 0 atom stereocenters. The minimum absolute atomic E-state index is 0.0907. The van der Waals surface area contributed by atoms with Crippen molar-refractivity contribution in [3.05, 3.63) is 18.3 Å². The van der Waals surface area contributed by atoms with Crippen molar-refractivity contribution in [1.29, 1.82) is 0 Å². The van der Waals surface area contributed by atoms with Crippen LogP contribution in [0.4, 0.5) is 18.9 Å². The Morgan fingerprint density at radius 2 is 2.22 bits per heavy atom. The van der Waals surface area contributed by atoms with Gasteiger partial charge in [0.15, 0.2) is 6.61 Å². The molecule has 1 amide bonds. The quantitative estimate of drug-likeness (QED) is 0.749. The predicted octanol–water partition coefficient (Wildman–Crippen LogP) is 0.828. The maximum Gasteiger partial charge on any atom is 0.493 e. The molecular formula is C9H5F3N2O4. The van der Waals surface area contributed by atoms with Crippen molar-refractivity contribution in [2.45, 2.75) is 6.18 Å². The predicted molar refractivity (Wildman–Crippen MR) is 49.4 cm³/mol. The number of carbonyl (C=O) groups excluding carboxylic acids is 2. The first-order valence-corrected chi connectivity index (χ1v) is 4.59. The molecule has 0 aromatic carbocycles. The molecule has 1 aliphatic heterocycles. The highest BCUT2D eigenvalue weighted by Gasteiger charge is 2.44. The SMILES string of the molecule is O=C1COc2ncccc2N1OC(=O)C(F)(F)F. The molecule has 2 rings (SSSR count). The fraction of sp³-hybridized carbons (Fsp3) is 0.222. The molecule has 18 heavy (non-hydrogen) atoms. The fourth-order valence-electron chi connectivity index (χ4n) is 1.21. The fourth-order valence-corrected chi connectivity index (χ4v) is 1.21. The highest BCUT2D eigenvalue weighted by Crippen LogP contribution is 2.30. The van der Waals surface area contributed by atoms with Gasteiger partial charge < -0.3 is 9.57 Å². The second-order valence-electron chi connectivity index (χ2n) is 3.18. The summed E-state index contributed by atoms with van der Waals surface area (Å²) in [5.41, 5.74) is -0.161. The van der Waals surface area contributed by atoms with E-state index in [1.807, 2.05) is 0 Å². The van der Waals surface area contributed by atoms with Crippen LogP contribution >= 0.6 is 0 Å². The van der Waals surface area contributed by atoms with Crippen LogP contribution in [0.3, 0.4) is 0 Å². The second kappa shape index (κ2) is 4.17. The van der Waals surface area contributed by atoms with E-state index in [1.165, 1.54) is 18.3 Å². The lowest BCUT2D eigenvalue weighted by molar-refractivity contribution is -0.202. The molecule has 0 radical (unpaired) electrons. The first-order valence-electron chi connectivity index (χ1n) is 4.59. The Balaban J connectivity index is 2.28. The van der Waals surface area contributed by atoms with E-state index in [-0.39, 0.29) is 16.6 Å². The van der Waals surface area contributed by atoms with Crippen LogP contribution < -0.4 is 9.80 Å². The normalized spacial score (nSPS) is 14.8. The number of amides is 1. The Bertz CT molecular complexity index is 503. The zero-order valence-electron chi connectivity index (χ0n) is 8.60. The molecule has 1 aromatic heterocycles. The molecule has 0 bridgehead atoms. The van der Waals surface area contributed by atoms with Gasteiger partial charge in [0.25, 0.3) is 5.91 Å². The molecule has 0 saturated heterocycles. The van der Waals surface area contributed by atoms with Crippen LogP contribution in [-0.4, -0.2) is 29.6 Å². The molecule has 1 aliphatic rings. The molecule has 9 heteroatoms. The first kappa shape index (κ1) is 12.1. The van der Waals surface area contributed by atoms with Gasteiger partial charge in [-0.2, -0.15) is 13.2 Å². The van der Waals surface area contributed by atoms with Crippen molar-refractivity contribution in [2.24, 2.45) is 0 Å². The lowest BCUT2D eigenvalue weighted by atomic mass is 10.3. The summed E-state index contributed by atoms with van der Waals surface area (Å²) in [4.78, 5) is 29.7. The highest BCUT2D eigenvalue weighted by atomic mass is 19.4. The van der Waals surface area contributed by atoms with Crippen molar-refractivity contribution in [3.8, 4) is 5.88 Å². The second-order valence-corrected chi connectivity index (χ2v) is 3.18. The standard InChI is InChI=1S/C9H5F3N2O4/c10-9(11,12)8(16)18-14-5-2-1-3-13-7(5)17-4-6(14)15/h1-3H,4H2. The molecular weight excluding hydrogens is 257 g/mol. The molecule has 96 valence electrons. The van der Waals surface area contributed by atoms with E-state index in [0.717, 1.165) is 0 Å². The van der Waals surface area contributed by atoms with E-state index in [4.69, 9.17) is 4.74 Å². The monoisotopic (exact) mass is 262 g/mol. The zero-order valence-corrected chi connectivity index (χ0v) is 8.60. The van der Waals surface area contributed by atoms with Crippen LogP contribution in [0, 0.1) is 0 Å². The summed E-state index contributed by atoms with van der Waals surface area (Å²) in [6.07, 6.45) is -3.88. The number of hydrogen-bond acceptors (Lipinski definition) is 5. The van der Waals surface area contributed by atoms with E-state index >= 15 is 0 Å². The molecule has 0 N–H and O–H groups in total. The third-order valence-electron chi connectivity index (χ3n) is 1.93. The third kappa shape index (κ3) is 2.19. The van der Waals surface area contributed by atoms with Crippen molar-refractivity contribution >= 4 is 17.6 Å². The number of alkyl halides is 3. The van der Waals surface area contributed by atoms with Gasteiger partial charge in [-0.15, -0.1) is 5.06 Å². The smallest absolute Gasteiger partial charge is 0.466 e. The maximum absolute atomic E-state index is 12.0. The minimum atomic E-state index is -5.19. The number of nitrogens with zero attached hydrogens (tertiary/aromatic N) is 2. The number of halogens is 3. The number of hydroxylamine groups is 1. The summed E-state index contributed by atoms with van der Waals surface area (Å²) < 4.78 is 41.0. The van der Waals surface area contributed by atoms with Crippen molar-refractivity contribution in [3.63, 3.8) is 0 Å². The van der Waals surface area contributed by atoms with Gasteiger partial charge in [-0.05, 0) is 12.1 Å². The number of anilines is 1. The van der Waals surface area contributed by atoms with Gasteiger partial charge in [-0.25, -0.2) is 9.78 Å². The van der Waals surface area contributed by atoms with E-state index in [2.05, 4.69) is 9.82 Å². The van der Waals surface area contributed by atoms with Crippen molar-refractivity contribution < 1.29 is 32.3 Å². The van der Waals surface area contributed by atoms with Crippen molar-refractivity contribution in [1.82, 2.24) is 4.98 Å². The summed E-state index contributed by atoms with van der Waals surface area (Å²) in [5.74, 6) is -3.52. The van der Waals surface area contributed by atoms with Crippen LogP contribution in [0.15, 0.2) is 18.3 Å². The van der Waals surface area contributed by atoms with E-state index in [1.54, 1.807) is 0 Å². The zero-order chi connectivity index (χ0) is 13.3. The van der Waals surface area contributed by atoms with E-state index in [9.17, 15) is 22.8 Å². The summed E-state index contributed by atoms with van der Waals surface area (Å²) >= 11 is 0. The molecule has 0 spiro atoms. The molecule has 6 nitrogen and oxygen atoms in total. The van der Waals surface area contributed by atoms with Gasteiger partial charge in [0, 0.05) is 6.20 Å². The van der Waals surface area contributed by atoms with Crippen LogP contribution in [0.25, 0.3) is 0 Å². The van der Waals surface area contributed by atoms with Crippen LogP contribution in [0.5, 0.6) is 5.88 Å². The maximum atomic E-state index is 12.0. The van der Waals surface area contributed by atoms with Gasteiger partial charge in [0.1, 0.15) is 5.69 Å². The molecule has 0 unspecified atom stereocenters. The number of pyridine rings is 1. The minimum Gasteiger partial charge on any atom is -0.466 e. The molecule has 1 aromatic rings. The Kier molecular flexibility index (Phi) is 2.81. The van der Waals surface area contributed by atoms with Gasteiger partial charge in [-0.3, -0.25) is 4.79 Å². The number of aromatic nitrogens is 1. The van der Waals surface area contributed by atoms with Gasteiger partial charge in [0.2, 0.25) is 5.88 Å². The largest absolute Gasteiger partial charge is 0.493 e. The summed E-state index contributed by atoms with van der Waals surface area (Å²) in [5, 5.41) is 0.224.